The summed E-state index contributed by atoms with van der Waals surface area (Å²) < 4.78 is 2.05. The van der Waals surface area contributed by atoms with Gasteiger partial charge in [0, 0.05) is 44.0 Å². The lowest BCUT2D eigenvalue weighted by atomic mass is 10.4. The zero-order chi connectivity index (χ0) is 14.1. The monoisotopic (exact) mass is 291 g/mol. The molecule has 3 rings (SSSR count). The zero-order valence-corrected chi connectivity index (χ0v) is 13.1. The summed E-state index contributed by atoms with van der Waals surface area (Å²) in [5.74, 6) is 1.05. The molecule has 0 spiro atoms. The normalized spacial score (nSPS) is 14.8. The number of nitrogens with one attached hydrogen (secondary N) is 1. The van der Waals surface area contributed by atoms with Crippen LogP contribution in [0.4, 0.5) is 5.13 Å². The molecule has 0 aromatic carbocycles. The summed E-state index contributed by atoms with van der Waals surface area (Å²) in [5, 5.41) is 4.62. The maximum absolute atomic E-state index is 4.69. The molecule has 0 aliphatic heterocycles. The number of hydrogen-bond acceptors (Lipinski definition) is 5. The van der Waals surface area contributed by atoms with Crippen molar-refractivity contribution in [3.8, 4) is 0 Å². The molecule has 2 heterocycles. The Kier molecular flexibility index (Phi) is 3.76. The second kappa shape index (κ2) is 5.54. The van der Waals surface area contributed by atoms with Gasteiger partial charge in [0.25, 0.3) is 0 Å². The molecule has 2 aromatic heterocycles. The summed E-state index contributed by atoms with van der Waals surface area (Å²) >= 11 is 1.78. The van der Waals surface area contributed by atoms with E-state index in [1.807, 2.05) is 24.0 Å². The van der Waals surface area contributed by atoms with E-state index >= 15 is 0 Å². The molecule has 1 aliphatic rings. The first kappa shape index (κ1) is 13.6. The van der Waals surface area contributed by atoms with E-state index in [1.54, 1.807) is 11.3 Å². The van der Waals surface area contributed by atoms with Crippen molar-refractivity contribution < 1.29 is 0 Å². The molecule has 20 heavy (non-hydrogen) atoms. The van der Waals surface area contributed by atoms with Gasteiger partial charge in [-0.05, 0) is 19.8 Å². The van der Waals surface area contributed by atoms with Gasteiger partial charge in [-0.2, -0.15) is 0 Å². The van der Waals surface area contributed by atoms with Gasteiger partial charge in [-0.3, -0.25) is 0 Å². The highest BCUT2D eigenvalue weighted by molar-refractivity contribution is 7.15. The maximum Gasteiger partial charge on any atom is 0.185 e. The summed E-state index contributed by atoms with van der Waals surface area (Å²) in [6.07, 6.45) is 6.45. The molecule has 0 atom stereocenters. The van der Waals surface area contributed by atoms with Gasteiger partial charge >= 0.3 is 0 Å². The van der Waals surface area contributed by atoms with Gasteiger partial charge in [-0.25, -0.2) is 9.97 Å². The average Bonchev–Trinajstić information content (AvgIpc) is 3.06. The molecule has 5 nitrogen and oxygen atoms in total. The number of hydrogen-bond donors (Lipinski definition) is 1. The van der Waals surface area contributed by atoms with Crippen LogP contribution in [0.3, 0.4) is 0 Å². The van der Waals surface area contributed by atoms with E-state index in [2.05, 4.69) is 34.2 Å². The third-order valence-electron chi connectivity index (χ3n) is 3.64. The van der Waals surface area contributed by atoms with Crippen LogP contribution in [-0.4, -0.2) is 27.6 Å². The van der Waals surface area contributed by atoms with Crippen LogP contribution in [0, 0.1) is 6.92 Å². The Morgan fingerprint density at radius 1 is 1.50 bits per heavy atom. The molecule has 2 aromatic rings. The SMILES string of the molecule is Cc1nc(N(C)Cc2nccn2C)sc1CNC1CC1. The highest BCUT2D eigenvalue weighted by atomic mass is 32.1. The van der Waals surface area contributed by atoms with Gasteiger partial charge in [-0.15, -0.1) is 11.3 Å². The van der Waals surface area contributed by atoms with E-state index in [0.717, 1.165) is 35.8 Å². The predicted octanol–water partition coefficient (Wildman–Crippen LogP) is 2.07. The molecule has 0 amide bonds. The molecule has 0 bridgehead atoms. The third-order valence-corrected chi connectivity index (χ3v) is 4.91. The summed E-state index contributed by atoms with van der Waals surface area (Å²) in [6.45, 7) is 3.83. The molecule has 1 aliphatic carbocycles. The van der Waals surface area contributed by atoms with Crippen molar-refractivity contribution in [1.82, 2.24) is 19.9 Å². The topological polar surface area (TPSA) is 46.0 Å². The minimum Gasteiger partial charge on any atom is -0.344 e. The lowest BCUT2D eigenvalue weighted by Gasteiger charge is -2.15. The van der Waals surface area contributed by atoms with Crippen LogP contribution in [0.1, 0.15) is 29.2 Å². The summed E-state index contributed by atoms with van der Waals surface area (Å²) in [7, 11) is 4.10. The van der Waals surface area contributed by atoms with Crippen molar-refractivity contribution in [2.24, 2.45) is 7.05 Å². The largest absolute Gasteiger partial charge is 0.344 e. The first-order chi connectivity index (χ1) is 9.63. The Hall–Kier alpha value is -1.40. The predicted molar refractivity (Wildman–Crippen MR) is 82.0 cm³/mol. The molecule has 0 radical (unpaired) electrons. The van der Waals surface area contributed by atoms with Crippen LogP contribution in [-0.2, 0) is 20.1 Å². The summed E-state index contributed by atoms with van der Waals surface area (Å²) in [4.78, 5) is 12.6. The second-order valence-electron chi connectivity index (χ2n) is 5.47. The van der Waals surface area contributed by atoms with E-state index in [9.17, 15) is 0 Å². The van der Waals surface area contributed by atoms with Gasteiger partial charge < -0.3 is 14.8 Å². The fourth-order valence-corrected chi connectivity index (χ4v) is 3.07. The van der Waals surface area contributed by atoms with Crippen LogP contribution in [0.25, 0.3) is 0 Å². The third kappa shape index (κ3) is 3.02. The summed E-state index contributed by atoms with van der Waals surface area (Å²) in [5.41, 5.74) is 1.14. The van der Waals surface area contributed by atoms with E-state index < -0.39 is 0 Å². The molecule has 1 saturated carbocycles. The van der Waals surface area contributed by atoms with Crippen molar-refractivity contribution >= 4 is 16.5 Å². The number of aromatic nitrogens is 3. The smallest absolute Gasteiger partial charge is 0.185 e. The molecule has 1 fully saturated rings. The standard InChI is InChI=1S/C14H21N5S/c1-10-12(8-16-11-4-5-11)20-14(17-10)19(3)9-13-15-6-7-18(13)2/h6-7,11,16H,4-5,8-9H2,1-3H3. The van der Waals surface area contributed by atoms with E-state index in [0.29, 0.717) is 0 Å². The maximum atomic E-state index is 4.69. The fraction of sp³-hybridized carbons (Fsp3) is 0.571. The van der Waals surface area contributed by atoms with Gasteiger partial charge in [0.1, 0.15) is 5.82 Å². The van der Waals surface area contributed by atoms with Crippen molar-refractivity contribution in [2.45, 2.75) is 38.9 Å². The molecule has 1 N–H and O–H groups in total. The van der Waals surface area contributed by atoms with E-state index in [1.165, 1.54) is 17.7 Å². The highest BCUT2D eigenvalue weighted by Crippen LogP contribution is 2.27. The zero-order valence-electron chi connectivity index (χ0n) is 12.3. The van der Waals surface area contributed by atoms with Crippen LogP contribution in [0.15, 0.2) is 12.4 Å². The number of nitrogens with zero attached hydrogens (tertiary/aromatic N) is 4. The Bertz CT molecular complexity index is 584. The minimum absolute atomic E-state index is 0.741. The first-order valence-electron chi connectivity index (χ1n) is 7.00. The van der Waals surface area contributed by atoms with Crippen LogP contribution < -0.4 is 10.2 Å². The van der Waals surface area contributed by atoms with Crippen LogP contribution in [0.5, 0.6) is 0 Å². The Morgan fingerprint density at radius 3 is 2.95 bits per heavy atom. The second-order valence-corrected chi connectivity index (χ2v) is 6.53. The fourth-order valence-electron chi connectivity index (χ4n) is 2.09. The molecular formula is C14H21N5S. The number of thiazole rings is 1. The van der Waals surface area contributed by atoms with Gasteiger partial charge in [0.2, 0.25) is 0 Å². The van der Waals surface area contributed by atoms with Gasteiger partial charge in [-0.1, -0.05) is 0 Å². The Morgan fingerprint density at radius 2 is 2.30 bits per heavy atom. The molecule has 108 valence electrons. The van der Waals surface area contributed by atoms with Gasteiger partial charge in [0.15, 0.2) is 5.13 Å². The minimum atomic E-state index is 0.741. The summed E-state index contributed by atoms with van der Waals surface area (Å²) in [6, 6.07) is 0.741. The Labute approximate surface area is 123 Å². The van der Waals surface area contributed by atoms with Crippen LogP contribution in [0.2, 0.25) is 0 Å². The molecular weight excluding hydrogens is 270 g/mol. The molecule has 6 heteroatoms. The first-order valence-corrected chi connectivity index (χ1v) is 7.82. The average molecular weight is 291 g/mol. The van der Waals surface area contributed by atoms with Crippen molar-refractivity contribution in [3.63, 3.8) is 0 Å². The number of imidazole rings is 1. The lowest BCUT2D eigenvalue weighted by molar-refractivity contribution is 0.691. The lowest BCUT2D eigenvalue weighted by Crippen LogP contribution is -2.18. The van der Waals surface area contributed by atoms with E-state index in [4.69, 9.17) is 0 Å². The molecule has 0 unspecified atom stereocenters. The number of rotatable bonds is 6. The Balaban J connectivity index is 1.66. The highest BCUT2D eigenvalue weighted by Gasteiger charge is 2.21. The quantitative estimate of drug-likeness (QED) is 0.885. The van der Waals surface area contributed by atoms with Crippen molar-refractivity contribution in [3.05, 3.63) is 28.8 Å². The van der Waals surface area contributed by atoms with Gasteiger partial charge in [0.05, 0.1) is 12.2 Å². The number of anilines is 1. The van der Waals surface area contributed by atoms with Crippen LogP contribution >= 0.6 is 11.3 Å². The van der Waals surface area contributed by atoms with E-state index in [-0.39, 0.29) is 0 Å². The molecule has 0 saturated heterocycles. The van der Waals surface area contributed by atoms with Crippen molar-refractivity contribution in [1.29, 1.82) is 0 Å². The number of aryl methyl sites for hydroxylation is 2. The van der Waals surface area contributed by atoms with Crippen molar-refractivity contribution in [2.75, 3.05) is 11.9 Å².